The Labute approximate surface area is 112 Å². The van der Waals surface area contributed by atoms with Gasteiger partial charge in [-0.3, -0.25) is 4.98 Å². The molecular formula is C13H15NO2S2. The third kappa shape index (κ3) is 2.37. The molecule has 18 heavy (non-hydrogen) atoms. The standard InChI is InChI=1S/C13H15NO2S2/c1-3-17-13-10-7-5-6-8-11(10)14-9-12(13)18(15,16)4-2/h5-9H,3-4H2,1-2H3. The second-order valence-electron chi connectivity index (χ2n) is 3.81. The van der Waals surface area contributed by atoms with Crippen LogP contribution in [0.4, 0.5) is 0 Å². The fourth-order valence-corrected chi connectivity index (χ4v) is 4.05. The fourth-order valence-electron chi connectivity index (χ4n) is 1.77. The van der Waals surface area contributed by atoms with Crippen LogP contribution in [0, 0.1) is 0 Å². The number of sulfone groups is 1. The van der Waals surface area contributed by atoms with E-state index < -0.39 is 9.84 Å². The van der Waals surface area contributed by atoms with Crippen LogP contribution in [-0.4, -0.2) is 24.9 Å². The van der Waals surface area contributed by atoms with E-state index in [9.17, 15) is 8.42 Å². The molecule has 1 aromatic heterocycles. The first-order chi connectivity index (χ1) is 8.60. The van der Waals surface area contributed by atoms with Gasteiger partial charge in [-0.15, -0.1) is 11.8 Å². The summed E-state index contributed by atoms with van der Waals surface area (Å²) in [5, 5.41) is 0.916. The van der Waals surface area contributed by atoms with Crippen molar-refractivity contribution in [3.05, 3.63) is 30.5 Å². The van der Waals surface area contributed by atoms with Crippen molar-refractivity contribution < 1.29 is 8.42 Å². The van der Waals surface area contributed by atoms with E-state index in [4.69, 9.17) is 0 Å². The first-order valence-corrected chi connectivity index (χ1v) is 8.47. The zero-order valence-electron chi connectivity index (χ0n) is 10.4. The van der Waals surface area contributed by atoms with Gasteiger partial charge in [-0.25, -0.2) is 8.42 Å². The van der Waals surface area contributed by atoms with Gasteiger partial charge < -0.3 is 0 Å². The predicted molar refractivity (Wildman–Crippen MR) is 75.9 cm³/mol. The maximum atomic E-state index is 12.1. The van der Waals surface area contributed by atoms with E-state index in [-0.39, 0.29) is 5.75 Å². The number of benzene rings is 1. The lowest BCUT2D eigenvalue weighted by atomic mass is 10.2. The Morgan fingerprint density at radius 3 is 2.61 bits per heavy atom. The van der Waals surface area contributed by atoms with Gasteiger partial charge in [0.25, 0.3) is 0 Å². The maximum Gasteiger partial charge on any atom is 0.180 e. The van der Waals surface area contributed by atoms with Gasteiger partial charge in [-0.2, -0.15) is 0 Å². The zero-order chi connectivity index (χ0) is 13.2. The first-order valence-electron chi connectivity index (χ1n) is 5.83. The molecule has 0 bridgehead atoms. The Morgan fingerprint density at radius 1 is 1.22 bits per heavy atom. The highest BCUT2D eigenvalue weighted by Gasteiger charge is 2.19. The summed E-state index contributed by atoms with van der Waals surface area (Å²) in [4.78, 5) is 5.43. The van der Waals surface area contributed by atoms with Crippen molar-refractivity contribution in [3.8, 4) is 0 Å². The highest BCUT2D eigenvalue weighted by atomic mass is 32.2. The van der Waals surface area contributed by atoms with Crippen molar-refractivity contribution in [2.75, 3.05) is 11.5 Å². The van der Waals surface area contributed by atoms with Crippen LogP contribution in [0.1, 0.15) is 13.8 Å². The van der Waals surface area contributed by atoms with Crippen LogP contribution in [-0.2, 0) is 9.84 Å². The maximum absolute atomic E-state index is 12.1. The third-order valence-corrected chi connectivity index (χ3v) is 5.58. The zero-order valence-corrected chi connectivity index (χ0v) is 12.0. The quantitative estimate of drug-likeness (QED) is 0.808. The van der Waals surface area contributed by atoms with Crippen molar-refractivity contribution in [1.82, 2.24) is 4.98 Å². The lowest BCUT2D eigenvalue weighted by Crippen LogP contribution is -2.06. The van der Waals surface area contributed by atoms with Gasteiger partial charge in [0.15, 0.2) is 9.84 Å². The van der Waals surface area contributed by atoms with Crippen molar-refractivity contribution in [2.24, 2.45) is 0 Å². The lowest BCUT2D eigenvalue weighted by Gasteiger charge is -2.10. The highest BCUT2D eigenvalue weighted by molar-refractivity contribution is 8.00. The molecule has 1 heterocycles. The second kappa shape index (κ2) is 5.28. The number of para-hydroxylation sites is 1. The van der Waals surface area contributed by atoms with Crippen molar-refractivity contribution in [1.29, 1.82) is 0 Å². The molecule has 2 rings (SSSR count). The molecule has 1 aromatic carbocycles. The minimum Gasteiger partial charge on any atom is -0.255 e. The number of rotatable bonds is 4. The molecule has 96 valence electrons. The Kier molecular flexibility index (Phi) is 3.92. The van der Waals surface area contributed by atoms with E-state index in [0.29, 0.717) is 4.90 Å². The minimum absolute atomic E-state index is 0.101. The van der Waals surface area contributed by atoms with E-state index in [2.05, 4.69) is 4.98 Å². The second-order valence-corrected chi connectivity index (χ2v) is 7.33. The summed E-state index contributed by atoms with van der Waals surface area (Å²) in [6.07, 6.45) is 1.49. The van der Waals surface area contributed by atoms with Crippen molar-refractivity contribution >= 4 is 32.5 Å². The van der Waals surface area contributed by atoms with Gasteiger partial charge in [0.05, 0.1) is 16.2 Å². The Bertz CT molecular complexity index is 666. The van der Waals surface area contributed by atoms with E-state index in [0.717, 1.165) is 21.6 Å². The smallest absolute Gasteiger partial charge is 0.180 e. The summed E-state index contributed by atoms with van der Waals surface area (Å²) >= 11 is 1.55. The molecule has 0 radical (unpaired) electrons. The largest absolute Gasteiger partial charge is 0.255 e. The molecule has 5 heteroatoms. The van der Waals surface area contributed by atoms with E-state index >= 15 is 0 Å². The molecular weight excluding hydrogens is 266 g/mol. The SMILES string of the molecule is CCSc1c(S(=O)(=O)CC)cnc2ccccc12. The van der Waals surface area contributed by atoms with Crippen LogP contribution in [0.2, 0.25) is 0 Å². The van der Waals surface area contributed by atoms with Crippen LogP contribution >= 0.6 is 11.8 Å². The summed E-state index contributed by atoms with van der Waals surface area (Å²) in [5.41, 5.74) is 0.837. The topological polar surface area (TPSA) is 47.0 Å². The summed E-state index contributed by atoms with van der Waals surface area (Å²) in [6.45, 7) is 3.67. The van der Waals surface area contributed by atoms with Gasteiger partial charge in [0, 0.05) is 16.5 Å². The van der Waals surface area contributed by atoms with E-state index in [1.807, 2.05) is 31.2 Å². The van der Waals surface area contributed by atoms with Crippen molar-refractivity contribution in [2.45, 2.75) is 23.6 Å². The normalized spacial score (nSPS) is 11.9. The van der Waals surface area contributed by atoms with Gasteiger partial charge in [0.2, 0.25) is 0 Å². The Morgan fingerprint density at radius 2 is 1.94 bits per heavy atom. The molecule has 0 spiro atoms. The number of nitrogens with zero attached hydrogens (tertiary/aromatic N) is 1. The van der Waals surface area contributed by atoms with E-state index in [1.54, 1.807) is 18.7 Å². The van der Waals surface area contributed by atoms with Crippen LogP contribution < -0.4 is 0 Å². The van der Waals surface area contributed by atoms with Crippen LogP contribution in [0.15, 0.2) is 40.3 Å². The summed E-state index contributed by atoms with van der Waals surface area (Å²) in [6, 6.07) is 7.64. The fraction of sp³-hybridized carbons (Fsp3) is 0.308. The van der Waals surface area contributed by atoms with Crippen LogP contribution in [0.5, 0.6) is 0 Å². The molecule has 0 N–H and O–H groups in total. The van der Waals surface area contributed by atoms with E-state index in [1.165, 1.54) is 6.20 Å². The summed E-state index contributed by atoms with van der Waals surface area (Å²) in [7, 11) is -3.23. The Balaban J connectivity index is 2.78. The average molecular weight is 281 g/mol. The average Bonchev–Trinajstić information content (AvgIpc) is 2.39. The molecule has 0 aliphatic carbocycles. The number of pyridine rings is 1. The van der Waals surface area contributed by atoms with Gasteiger partial charge in [-0.05, 0) is 11.8 Å². The Hall–Kier alpha value is -1.07. The number of fused-ring (bicyclic) bond motifs is 1. The number of hydrogen-bond acceptors (Lipinski definition) is 4. The molecule has 0 atom stereocenters. The monoisotopic (exact) mass is 281 g/mol. The third-order valence-electron chi connectivity index (χ3n) is 2.70. The van der Waals surface area contributed by atoms with Crippen LogP contribution in [0.25, 0.3) is 10.9 Å². The van der Waals surface area contributed by atoms with Gasteiger partial charge in [-0.1, -0.05) is 32.0 Å². The summed E-state index contributed by atoms with van der Waals surface area (Å²) < 4.78 is 24.2. The molecule has 0 unspecified atom stereocenters. The predicted octanol–water partition coefficient (Wildman–Crippen LogP) is 3.14. The van der Waals surface area contributed by atoms with Gasteiger partial charge >= 0.3 is 0 Å². The van der Waals surface area contributed by atoms with Gasteiger partial charge in [0.1, 0.15) is 0 Å². The molecule has 0 amide bonds. The first kappa shape index (κ1) is 13.4. The molecule has 0 saturated heterocycles. The van der Waals surface area contributed by atoms with Crippen molar-refractivity contribution in [3.63, 3.8) is 0 Å². The van der Waals surface area contributed by atoms with Crippen LogP contribution in [0.3, 0.4) is 0 Å². The molecule has 0 saturated carbocycles. The molecule has 2 aromatic rings. The molecule has 0 fully saturated rings. The summed E-state index contributed by atoms with van der Waals surface area (Å²) in [5.74, 6) is 0.935. The highest BCUT2D eigenvalue weighted by Crippen LogP contribution is 2.33. The number of hydrogen-bond donors (Lipinski definition) is 0. The molecule has 3 nitrogen and oxygen atoms in total. The lowest BCUT2D eigenvalue weighted by molar-refractivity contribution is 0.595. The molecule has 0 aliphatic rings. The number of thioether (sulfide) groups is 1. The molecule has 0 aliphatic heterocycles. The minimum atomic E-state index is -3.23. The number of aromatic nitrogens is 1.